The number of carbonyl (C=O) groups excluding carboxylic acids is 1. The van der Waals surface area contributed by atoms with Crippen molar-refractivity contribution in [2.75, 3.05) is 11.5 Å². The summed E-state index contributed by atoms with van der Waals surface area (Å²) in [6, 6.07) is 8.13. The molecule has 0 unspecified atom stereocenters. The molecule has 2 aromatic rings. The van der Waals surface area contributed by atoms with Crippen LogP contribution in [0.1, 0.15) is 16.1 Å². The molecule has 0 fully saturated rings. The van der Waals surface area contributed by atoms with Crippen molar-refractivity contribution in [1.29, 1.82) is 0 Å². The molecule has 5 nitrogen and oxygen atoms in total. The summed E-state index contributed by atoms with van der Waals surface area (Å²) in [5.41, 5.74) is 11.7. The van der Waals surface area contributed by atoms with Crippen molar-refractivity contribution in [2.24, 2.45) is 0 Å². The number of nitrogen functional groups attached to an aromatic ring is 2. The summed E-state index contributed by atoms with van der Waals surface area (Å²) in [5, 5.41) is 0. The van der Waals surface area contributed by atoms with Gasteiger partial charge in [0, 0.05) is 6.20 Å². The van der Waals surface area contributed by atoms with Crippen LogP contribution in [-0.4, -0.2) is 15.8 Å². The van der Waals surface area contributed by atoms with Crippen molar-refractivity contribution in [3.63, 3.8) is 0 Å². The molecule has 80 valence electrons. The minimum Gasteiger partial charge on any atom is -0.384 e. The lowest BCUT2D eigenvalue weighted by molar-refractivity contribution is 0.103. The highest BCUT2D eigenvalue weighted by molar-refractivity contribution is 6.10. The Labute approximate surface area is 92.1 Å². The van der Waals surface area contributed by atoms with Gasteiger partial charge in [-0.15, -0.1) is 0 Å². The molecule has 0 amide bonds. The van der Waals surface area contributed by atoms with E-state index in [4.69, 9.17) is 11.5 Å². The Hall–Kier alpha value is -2.43. The maximum Gasteiger partial charge on any atom is 0.215 e. The maximum absolute atomic E-state index is 12.0. The molecular formula is C11H10N4O. The lowest BCUT2D eigenvalue weighted by Crippen LogP contribution is -2.09. The van der Waals surface area contributed by atoms with Gasteiger partial charge >= 0.3 is 0 Å². The molecule has 0 aliphatic heterocycles. The standard InChI is InChI=1S/C11H10N4O/c12-9-5-1-4-8(15-9)10(16)7-3-2-6-14-11(7)13/h1-6H,(H2,12,15)(H2,13,14). The third-order valence-electron chi connectivity index (χ3n) is 2.09. The zero-order valence-corrected chi connectivity index (χ0v) is 8.42. The zero-order chi connectivity index (χ0) is 11.5. The number of pyridine rings is 2. The van der Waals surface area contributed by atoms with E-state index >= 15 is 0 Å². The summed E-state index contributed by atoms with van der Waals surface area (Å²) >= 11 is 0. The van der Waals surface area contributed by atoms with E-state index in [1.807, 2.05) is 0 Å². The monoisotopic (exact) mass is 214 g/mol. The number of carbonyl (C=O) groups is 1. The third kappa shape index (κ3) is 1.83. The summed E-state index contributed by atoms with van der Waals surface area (Å²) < 4.78 is 0. The van der Waals surface area contributed by atoms with Gasteiger partial charge in [-0.2, -0.15) is 0 Å². The molecule has 16 heavy (non-hydrogen) atoms. The Kier molecular flexibility index (Phi) is 2.51. The summed E-state index contributed by atoms with van der Waals surface area (Å²) in [5.74, 6) is 0.211. The van der Waals surface area contributed by atoms with Crippen molar-refractivity contribution in [3.05, 3.63) is 47.8 Å². The fraction of sp³-hybridized carbons (Fsp3) is 0. The first kappa shape index (κ1) is 10.1. The van der Waals surface area contributed by atoms with Gasteiger partial charge in [0.15, 0.2) is 0 Å². The molecule has 0 bridgehead atoms. The van der Waals surface area contributed by atoms with E-state index in [-0.39, 0.29) is 17.3 Å². The van der Waals surface area contributed by atoms with Crippen LogP contribution in [0.15, 0.2) is 36.5 Å². The number of nitrogens with zero attached hydrogens (tertiary/aromatic N) is 2. The van der Waals surface area contributed by atoms with Gasteiger partial charge in [-0.1, -0.05) is 6.07 Å². The van der Waals surface area contributed by atoms with E-state index in [0.29, 0.717) is 11.4 Å². The van der Waals surface area contributed by atoms with E-state index in [0.717, 1.165) is 0 Å². The average molecular weight is 214 g/mol. The van der Waals surface area contributed by atoms with Gasteiger partial charge in [-0.05, 0) is 24.3 Å². The molecular weight excluding hydrogens is 204 g/mol. The Morgan fingerprint density at radius 1 is 1.12 bits per heavy atom. The number of nitrogens with two attached hydrogens (primary N) is 2. The van der Waals surface area contributed by atoms with Crippen LogP contribution < -0.4 is 11.5 Å². The first-order chi connectivity index (χ1) is 7.68. The Balaban J connectivity index is 2.44. The highest BCUT2D eigenvalue weighted by atomic mass is 16.1. The van der Waals surface area contributed by atoms with Crippen LogP contribution >= 0.6 is 0 Å². The SMILES string of the molecule is Nc1cccc(C(=O)c2cccnc2N)n1. The average Bonchev–Trinajstić information content (AvgIpc) is 2.29. The van der Waals surface area contributed by atoms with Crippen molar-refractivity contribution in [1.82, 2.24) is 9.97 Å². The number of hydrogen-bond acceptors (Lipinski definition) is 5. The highest BCUT2D eigenvalue weighted by Crippen LogP contribution is 2.13. The van der Waals surface area contributed by atoms with Crippen LogP contribution in [0.3, 0.4) is 0 Å². The van der Waals surface area contributed by atoms with Gasteiger partial charge < -0.3 is 11.5 Å². The summed E-state index contributed by atoms with van der Waals surface area (Å²) in [6.45, 7) is 0. The molecule has 2 aromatic heterocycles. The predicted molar refractivity (Wildman–Crippen MR) is 60.7 cm³/mol. The van der Waals surface area contributed by atoms with Crippen molar-refractivity contribution in [3.8, 4) is 0 Å². The lowest BCUT2D eigenvalue weighted by atomic mass is 10.1. The van der Waals surface area contributed by atoms with Crippen LogP contribution in [0.4, 0.5) is 11.6 Å². The van der Waals surface area contributed by atoms with E-state index in [1.54, 1.807) is 30.3 Å². The van der Waals surface area contributed by atoms with Crippen molar-refractivity contribution >= 4 is 17.4 Å². The van der Waals surface area contributed by atoms with Crippen molar-refractivity contribution < 1.29 is 4.79 Å². The smallest absolute Gasteiger partial charge is 0.215 e. The molecule has 0 aliphatic carbocycles. The highest BCUT2D eigenvalue weighted by Gasteiger charge is 2.13. The molecule has 0 saturated heterocycles. The molecule has 0 radical (unpaired) electrons. The minimum absolute atomic E-state index is 0.191. The fourth-order valence-corrected chi connectivity index (χ4v) is 1.33. The number of hydrogen-bond donors (Lipinski definition) is 2. The predicted octanol–water partition coefficient (Wildman–Crippen LogP) is 0.872. The summed E-state index contributed by atoms with van der Waals surface area (Å²) in [4.78, 5) is 19.8. The molecule has 2 heterocycles. The second-order valence-corrected chi connectivity index (χ2v) is 3.21. The van der Waals surface area contributed by atoms with Gasteiger partial charge in [0.2, 0.25) is 5.78 Å². The first-order valence-electron chi connectivity index (χ1n) is 4.66. The molecule has 4 N–H and O–H groups in total. The second kappa shape index (κ2) is 3.98. The number of anilines is 2. The van der Waals surface area contributed by atoms with Gasteiger partial charge in [-0.3, -0.25) is 4.79 Å². The molecule has 0 aliphatic rings. The van der Waals surface area contributed by atoms with Gasteiger partial charge in [-0.25, -0.2) is 9.97 Å². The largest absolute Gasteiger partial charge is 0.384 e. The maximum atomic E-state index is 12.0. The van der Waals surface area contributed by atoms with Crippen LogP contribution in [0.25, 0.3) is 0 Å². The summed E-state index contributed by atoms with van der Waals surface area (Å²) in [7, 11) is 0. The lowest BCUT2D eigenvalue weighted by Gasteiger charge is -2.03. The van der Waals surface area contributed by atoms with E-state index in [1.165, 1.54) is 6.20 Å². The van der Waals surface area contributed by atoms with Crippen LogP contribution in [0.5, 0.6) is 0 Å². The number of rotatable bonds is 2. The molecule has 5 heteroatoms. The third-order valence-corrected chi connectivity index (χ3v) is 2.09. The molecule has 2 rings (SSSR count). The number of aromatic nitrogens is 2. The molecule has 0 aromatic carbocycles. The molecule has 0 atom stereocenters. The first-order valence-corrected chi connectivity index (χ1v) is 4.66. The van der Waals surface area contributed by atoms with Gasteiger partial charge in [0.25, 0.3) is 0 Å². The molecule has 0 saturated carbocycles. The quantitative estimate of drug-likeness (QED) is 0.723. The topological polar surface area (TPSA) is 94.9 Å². The summed E-state index contributed by atoms with van der Waals surface area (Å²) in [6.07, 6.45) is 1.53. The van der Waals surface area contributed by atoms with E-state index < -0.39 is 0 Å². The minimum atomic E-state index is -0.280. The Morgan fingerprint density at radius 3 is 2.62 bits per heavy atom. The Morgan fingerprint density at radius 2 is 1.94 bits per heavy atom. The van der Waals surface area contributed by atoms with Gasteiger partial charge in [0.05, 0.1) is 5.56 Å². The fourth-order valence-electron chi connectivity index (χ4n) is 1.33. The number of ketones is 1. The normalized spacial score (nSPS) is 10.0. The van der Waals surface area contributed by atoms with Crippen LogP contribution in [-0.2, 0) is 0 Å². The van der Waals surface area contributed by atoms with E-state index in [2.05, 4.69) is 9.97 Å². The van der Waals surface area contributed by atoms with E-state index in [9.17, 15) is 4.79 Å². The zero-order valence-electron chi connectivity index (χ0n) is 8.42. The van der Waals surface area contributed by atoms with Gasteiger partial charge in [0.1, 0.15) is 17.3 Å². The Bertz CT molecular complexity index is 539. The molecule has 0 spiro atoms. The second-order valence-electron chi connectivity index (χ2n) is 3.21. The van der Waals surface area contributed by atoms with Crippen LogP contribution in [0, 0.1) is 0 Å². The van der Waals surface area contributed by atoms with Crippen LogP contribution in [0.2, 0.25) is 0 Å². The van der Waals surface area contributed by atoms with Crippen molar-refractivity contribution in [2.45, 2.75) is 0 Å².